The van der Waals surface area contributed by atoms with Gasteiger partial charge in [0.05, 0.1) is 0 Å². The highest BCUT2D eigenvalue weighted by Gasteiger charge is 2.12. The SMILES string of the molecule is FCOc1cccc(OCF)c1OCF. The predicted octanol–water partition coefficient (Wildman–Crippen LogP) is 2.60. The van der Waals surface area contributed by atoms with Gasteiger partial charge in [0.15, 0.2) is 11.5 Å². The van der Waals surface area contributed by atoms with Gasteiger partial charge in [-0.2, -0.15) is 0 Å². The molecule has 0 unspecified atom stereocenters. The standard InChI is InChI=1S/C9H9F3O3/c10-4-13-7-2-1-3-8(14-5-11)9(7)15-6-12/h1-3H,4-6H2. The van der Waals surface area contributed by atoms with Crippen molar-refractivity contribution in [2.45, 2.75) is 0 Å². The Morgan fingerprint density at radius 3 is 1.67 bits per heavy atom. The molecule has 1 aromatic carbocycles. The third-order valence-electron chi connectivity index (χ3n) is 1.56. The summed E-state index contributed by atoms with van der Waals surface area (Å²) in [6.45, 7) is -3.33. The Morgan fingerprint density at radius 1 is 0.800 bits per heavy atom. The van der Waals surface area contributed by atoms with Crippen LogP contribution in [0.15, 0.2) is 18.2 Å². The van der Waals surface area contributed by atoms with Crippen LogP contribution in [0.3, 0.4) is 0 Å². The van der Waals surface area contributed by atoms with Crippen molar-refractivity contribution in [3.63, 3.8) is 0 Å². The van der Waals surface area contributed by atoms with Crippen LogP contribution in [0.25, 0.3) is 0 Å². The molecule has 0 bridgehead atoms. The highest BCUT2D eigenvalue weighted by molar-refractivity contribution is 5.51. The summed E-state index contributed by atoms with van der Waals surface area (Å²) in [7, 11) is 0. The summed E-state index contributed by atoms with van der Waals surface area (Å²) >= 11 is 0. The van der Waals surface area contributed by atoms with Gasteiger partial charge in [-0.25, -0.2) is 13.2 Å². The highest BCUT2D eigenvalue weighted by atomic mass is 19.1. The van der Waals surface area contributed by atoms with Crippen LogP contribution in [0.1, 0.15) is 0 Å². The van der Waals surface area contributed by atoms with Gasteiger partial charge >= 0.3 is 0 Å². The Hall–Kier alpha value is -1.59. The summed E-state index contributed by atoms with van der Waals surface area (Å²) in [5.74, 6) is -0.238. The van der Waals surface area contributed by atoms with Crippen molar-refractivity contribution in [3.8, 4) is 17.2 Å². The average Bonchev–Trinajstić information content (AvgIpc) is 2.23. The fraction of sp³-hybridized carbons (Fsp3) is 0.333. The van der Waals surface area contributed by atoms with Gasteiger partial charge in [-0.15, -0.1) is 0 Å². The monoisotopic (exact) mass is 222 g/mol. The fourth-order valence-electron chi connectivity index (χ4n) is 1.04. The van der Waals surface area contributed by atoms with Crippen molar-refractivity contribution in [1.82, 2.24) is 0 Å². The molecule has 0 fully saturated rings. The minimum Gasteiger partial charge on any atom is -0.459 e. The largest absolute Gasteiger partial charge is 0.459 e. The molecule has 15 heavy (non-hydrogen) atoms. The van der Waals surface area contributed by atoms with Crippen molar-refractivity contribution in [3.05, 3.63) is 18.2 Å². The molecule has 0 spiro atoms. The van der Waals surface area contributed by atoms with Gasteiger partial charge in [0.1, 0.15) is 0 Å². The number of rotatable bonds is 6. The van der Waals surface area contributed by atoms with Gasteiger partial charge in [0.25, 0.3) is 0 Å². The molecule has 0 aromatic heterocycles. The van der Waals surface area contributed by atoms with Gasteiger partial charge in [0.2, 0.25) is 26.3 Å². The molecule has 0 amide bonds. The zero-order valence-corrected chi connectivity index (χ0v) is 7.71. The van der Waals surface area contributed by atoms with Crippen LogP contribution in [-0.4, -0.2) is 20.6 Å². The third-order valence-corrected chi connectivity index (χ3v) is 1.56. The molecule has 1 aromatic rings. The normalized spacial score (nSPS) is 9.80. The first-order valence-electron chi connectivity index (χ1n) is 4.02. The summed E-state index contributed by atoms with van der Waals surface area (Å²) in [5, 5.41) is 0. The lowest BCUT2D eigenvalue weighted by Crippen LogP contribution is -2.00. The Kier molecular flexibility index (Phi) is 4.59. The third kappa shape index (κ3) is 2.93. The Morgan fingerprint density at radius 2 is 1.27 bits per heavy atom. The molecule has 0 radical (unpaired) electrons. The number of halogens is 3. The van der Waals surface area contributed by atoms with Gasteiger partial charge < -0.3 is 14.2 Å². The maximum absolute atomic E-state index is 12.0. The minimum atomic E-state index is -1.14. The summed E-state index contributed by atoms with van der Waals surface area (Å²) in [6, 6.07) is 4.16. The second-order valence-electron chi connectivity index (χ2n) is 2.34. The topological polar surface area (TPSA) is 27.7 Å². The molecule has 0 aliphatic heterocycles. The molecule has 0 saturated carbocycles. The zero-order chi connectivity index (χ0) is 11.1. The summed E-state index contributed by atoms with van der Waals surface area (Å²) in [6.07, 6.45) is 0. The first-order chi connectivity index (χ1) is 7.33. The molecule has 3 nitrogen and oxygen atoms in total. The Bertz CT molecular complexity index is 282. The van der Waals surface area contributed by atoms with Gasteiger partial charge in [-0.05, 0) is 12.1 Å². The molecule has 0 saturated heterocycles. The Labute approximate surface area is 84.4 Å². The zero-order valence-electron chi connectivity index (χ0n) is 7.71. The van der Waals surface area contributed by atoms with Crippen LogP contribution in [0.2, 0.25) is 0 Å². The highest BCUT2D eigenvalue weighted by Crippen LogP contribution is 2.37. The lowest BCUT2D eigenvalue weighted by molar-refractivity contribution is 0.140. The van der Waals surface area contributed by atoms with Crippen molar-refractivity contribution in [2.75, 3.05) is 20.6 Å². The number of ether oxygens (including phenoxy) is 3. The number of benzene rings is 1. The molecular formula is C9H9F3O3. The number of hydrogen-bond acceptors (Lipinski definition) is 3. The van der Waals surface area contributed by atoms with Crippen molar-refractivity contribution in [1.29, 1.82) is 0 Å². The molecule has 0 atom stereocenters. The van der Waals surface area contributed by atoms with Crippen LogP contribution < -0.4 is 14.2 Å². The summed E-state index contributed by atoms with van der Waals surface area (Å²) < 4.78 is 49.4. The smallest absolute Gasteiger partial charge is 0.229 e. The van der Waals surface area contributed by atoms with E-state index in [1.54, 1.807) is 0 Å². The van der Waals surface area contributed by atoms with E-state index < -0.39 is 20.6 Å². The quantitative estimate of drug-likeness (QED) is 0.740. The molecule has 1 rings (SSSR count). The second-order valence-corrected chi connectivity index (χ2v) is 2.34. The summed E-state index contributed by atoms with van der Waals surface area (Å²) in [4.78, 5) is 0. The van der Waals surface area contributed by atoms with E-state index in [4.69, 9.17) is 0 Å². The molecular weight excluding hydrogens is 213 g/mol. The van der Waals surface area contributed by atoms with E-state index in [1.807, 2.05) is 0 Å². The van der Waals surface area contributed by atoms with Crippen LogP contribution in [0, 0.1) is 0 Å². The van der Waals surface area contributed by atoms with Gasteiger partial charge in [-0.1, -0.05) is 6.07 Å². The maximum atomic E-state index is 12.0. The van der Waals surface area contributed by atoms with E-state index in [-0.39, 0.29) is 17.2 Å². The summed E-state index contributed by atoms with van der Waals surface area (Å²) in [5.41, 5.74) is 0. The Balaban J connectivity index is 2.97. The number of para-hydroxylation sites is 1. The van der Waals surface area contributed by atoms with Crippen molar-refractivity contribution >= 4 is 0 Å². The van der Waals surface area contributed by atoms with E-state index >= 15 is 0 Å². The van der Waals surface area contributed by atoms with Crippen LogP contribution >= 0.6 is 0 Å². The van der Waals surface area contributed by atoms with E-state index in [9.17, 15) is 13.2 Å². The van der Waals surface area contributed by atoms with E-state index in [2.05, 4.69) is 14.2 Å². The van der Waals surface area contributed by atoms with E-state index in [1.165, 1.54) is 18.2 Å². The molecule has 84 valence electrons. The molecule has 0 N–H and O–H groups in total. The van der Waals surface area contributed by atoms with E-state index in [0.717, 1.165) is 0 Å². The lowest BCUT2D eigenvalue weighted by atomic mass is 10.3. The fourth-order valence-corrected chi connectivity index (χ4v) is 1.04. The first-order valence-corrected chi connectivity index (χ1v) is 4.02. The number of hydrogen-bond donors (Lipinski definition) is 0. The maximum Gasteiger partial charge on any atom is 0.229 e. The average molecular weight is 222 g/mol. The molecule has 0 aliphatic rings. The van der Waals surface area contributed by atoms with Crippen LogP contribution in [0.4, 0.5) is 13.2 Å². The van der Waals surface area contributed by atoms with Crippen LogP contribution in [-0.2, 0) is 0 Å². The van der Waals surface area contributed by atoms with Gasteiger partial charge in [0, 0.05) is 0 Å². The van der Waals surface area contributed by atoms with E-state index in [0.29, 0.717) is 0 Å². The number of alkyl halides is 3. The molecule has 0 heterocycles. The molecule has 0 aliphatic carbocycles. The predicted molar refractivity (Wildman–Crippen MR) is 46.3 cm³/mol. The lowest BCUT2D eigenvalue weighted by Gasteiger charge is -2.12. The van der Waals surface area contributed by atoms with Crippen molar-refractivity contribution < 1.29 is 27.4 Å². The van der Waals surface area contributed by atoms with Crippen LogP contribution in [0.5, 0.6) is 17.2 Å². The minimum absolute atomic E-state index is 0.0406. The molecule has 6 heteroatoms. The second kappa shape index (κ2) is 6.00. The van der Waals surface area contributed by atoms with Crippen molar-refractivity contribution in [2.24, 2.45) is 0 Å². The first kappa shape index (κ1) is 11.5. The van der Waals surface area contributed by atoms with Gasteiger partial charge in [-0.3, -0.25) is 0 Å².